The summed E-state index contributed by atoms with van der Waals surface area (Å²) in [5.41, 5.74) is 5.49. The molecule has 6 rings (SSSR count). The Labute approximate surface area is 231 Å². The molecule has 0 unspecified atom stereocenters. The Bertz CT molecular complexity index is 1440. The molecule has 0 radical (unpaired) electrons. The maximum absolute atomic E-state index is 12.2. The molecule has 3 heterocycles. The van der Waals surface area contributed by atoms with Gasteiger partial charge in [-0.3, -0.25) is 9.59 Å². The second kappa shape index (κ2) is 11.8. The standard InChI is InChI=1S/C19H16N2O3S.C10H12ClNO/c22-19(25)21-8-7-13-12-3-1-2-4-14(12)20-17(13)18(21)11-5-6-15-16(9-11)24-10-23-15;11-7-6-10(13)12-8-9-4-2-1-3-5-9/h1-6,9,18,20H,7-8,10H2,(H,22,25);1-5H,6-8H2,(H,12,13)/t18-;/m1./s1. The highest BCUT2D eigenvalue weighted by atomic mass is 35.5. The number of hydrogen-bond donors (Lipinski definition) is 3. The number of hydrogen-bond acceptors (Lipinski definition) is 4. The Kier molecular flexibility index (Phi) is 8.10. The lowest BCUT2D eigenvalue weighted by atomic mass is 9.92. The fraction of sp³-hybridized carbons (Fsp3) is 0.241. The van der Waals surface area contributed by atoms with E-state index in [0.717, 1.165) is 34.5 Å². The van der Waals surface area contributed by atoms with E-state index in [4.69, 9.17) is 21.1 Å². The van der Waals surface area contributed by atoms with Gasteiger partial charge in [0.25, 0.3) is 5.24 Å². The summed E-state index contributed by atoms with van der Waals surface area (Å²) in [6, 6.07) is 23.7. The summed E-state index contributed by atoms with van der Waals surface area (Å²) in [4.78, 5) is 28.5. The molecule has 4 aromatic rings. The second-order valence-corrected chi connectivity index (χ2v) is 9.77. The SMILES string of the molecule is O=C(CCCl)NCc1ccccc1.O=C(S)N1CCc2c([nH]c3ccccc23)[C@H]1c1ccc2c(c1)OCO2. The first kappa shape index (κ1) is 26.0. The molecule has 0 saturated carbocycles. The van der Waals surface area contributed by atoms with E-state index in [1.54, 1.807) is 4.90 Å². The number of rotatable bonds is 5. The van der Waals surface area contributed by atoms with Gasteiger partial charge in [0.05, 0.1) is 6.04 Å². The number of amides is 2. The van der Waals surface area contributed by atoms with E-state index >= 15 is 0 Å². The summed E-state index contributed by atoms with van der Waals surface area (Å²) >= 11 is 9.52. The molecule has 7 nitrogen and oxygen atoms in total. The van der Waals surface area contributed by atoms with Crippen LogP contribution in [0.15, 0.2) is 72.8 Å². The topological polar surface area (TPSA) is 83.7 Å². The van der Waals surface area contributed by atoms with E-state index in [1.807, 2.05) is 60.7 Å². The Morgan fingerprint density at radius 2 is 1.79 bits per heavy atom. The Morgan fingerprint density at radius 1 is 1.03 bits per heavy atom. The van der Waals surface area contributed by atoms with Crippen LogP contribution >= 0.6 is 24.2 Å². The van der Waals surface area contributed by atoms with Gasteiger partial charge in [0.1, 0.15) is 0 Å². The zero-order valence-corrected chi connectivity index (χ0v) is 22.3. The first-order chi connectivity index (χ1) is 18.5. The number of H-pyrrole nitrogens is 1. The predicted octanol–water partition coefficient (Wildman–Crippen LogP) is 5.83. The predicted molar refractivity (Wildman–Crippen MR) is 151 cm³/mol. The fourth-order valence-corrected chi connectivity index (χ4v) is 5.23. The van der Waals surface area contributed by atoms with Gasteiger partial charge in [0, 0.05) is 42.0 Å². The van der Waals surface area contributed by atoms with Crippen molar-refractivity contribution in [2.45, 2.75) is 25.4 Å². The lowest BCUT2D eigenvalue weighted by molar-refractivity contribution is -0.120. The summed E-state index contributed by atoms with van der Waals surface area (Å²) in [7, 11) is 0. The lowest BCUT2D eigenvalue weighted by Gasteiger charge is -2.35. The third-order valence-electron chi connectivity index (χ3n) is 6.65. The third-order valence-corrected chi connectivity index (χ3v) is 7.09. The number of aromatic amines is 1. The quantitative estimate of drug-likeness (QED) is 0.216. The highest BCUT2D eigenvalue weighted by Gasteiger charge is 2.34. The zero-order chi connectivity index (χ0) is 26.5. The van der Waals surface area contributed by atoms with Gasteiger partial charge >= 0.3 is 0 Å². The van der Waals surface area contributed by atoms with Crippen LogP contribution in [0.5, 0.6) is 11.5 Å². The Hall–Kier alpha value is -3.62. The number of halogens is 1. The summed E-state index contributed by atoms with van der Waals surface area (Å²) in [5.74, 6) is 1.83. The van der Waals surface area contributed by atoms with Gasteiger partial charge in [-0.2, -0.15) is 0 Å². The summed E-state index contributed by atoms with van der Waals surface area (Å²) in [5, 5.41) is 3.76. The molecule has 0 aliphatic carbocycles. The van der Waals surface area contributed by atoms with Crippen molar-refractivity contribution in [1.82, 2.24) is 15.2 Å². The van der Waals surface area contributed by atoms with Crippen molar-refractivity contribution in [3.05, 3.63) is 95.2 Å². The van der Waals surface area contributed by atoms with Crippen molar-refractivity contribution < 1.29 is 19.1 Å². The van der Waals surface area contributed by atoms with Crippen molar-refractivity contribution in [2.75, 3.05) is 19.2 Å². The molecule has 2 amide bonds. The van der Waals surface area contributed by atoms with E-state index in [1.165, 1.54) is 10.9 Å². The van der Waals surface area contributed by atoms with Crippen molar-refractivity contribution in [3.8, 4) is 11.5 Å². The largest absolute Gasteiger partial charge is 0.454 e. The molecular formula is C29H28ClN3O4S. The number of alkyl halides is 1. The van der Waals surface area contributed by atoms with Crippen LogP contribution in [0.4, 0.5) is 4.79 Å². The van der Waals surface area contributed by atoms with Crippen LogP contribution in [-0.2, 0) is 17.8 Å². The smallest absolute Gasteiger partial charge is 0.279 e. The fourth-order valence-electron chi connectivity index (χ4n) is 4.85. The minimum atomic E-state index is -0.230. The molecule has 3 aromatic carbocycles. The molecule has 1 aromatic heterocycles. The average Bonchev–Trinajstić information content (AvgIpc) is 3.56. The Balaban J connectivity index is 0.000000193. The lowest BCUT2D eigenvalue weighted by Crippen LogP contribution is -2.37. The molecule has 1 atom stereocenters. The number of ether oxygens (including phenoxy) is 2. The van der Waals surface area contributed by atoms with E-state index in [9.17, 15) is 9.59 Å². The monoisotopic (exact) mass is 549 g/mol. The van der Waals surface area contributed by atoms with Gasteiger partial charge in [-0.05, 0) is 41.3 Å². The number of para-hydroxylation sites is 1. The Morgan fingerprint density at radius 3 is 2.58 bits per heavy atom. The molecule has 0 saturated heterocycles. The normalized spacial score (nSPS) is 15.4. The molecule has 38 heavy (non-hydrogen) atoms. The van der Waals surface area contributed by atoms with Crippen molar-refractivity contribution in [1.29, 1.82) is 0 Å². The van der Waals surface area contributed by atoms with Crippen molar-refractivity contribution in [2.24, 2.45) is 0 Å². The average molecular weight is 550 g/mol. The molecule has 0 spiro atoms. The zero-order valence-electron chi connectivity index (χ0n) is 20.7. The highest BCUT2D eigenvalue weighted by Crippen LogP contribution is 2.42. The summed E-state index contributed by atoms with van der Waals surface area (Å²) in [6.45, 7) is 1.45. The van der Waals surface area contributed by atoms with Gasteiger partial charge in [0.15, 0.2) is 11.5 Å². The van der Waals surface area contributed by atoms with E-state index in [2.05, 4.69) is 35.1 Å². The van der Waals surface area contributed by atoms with Crippen molar-refractivity contribution in [3.63, 3.8) is 0 Å². The number of aromatic nitrogens is 1. The van der Waals surface area contributed by atoms with Crippen LogP contribution < -0.4 is 14.8 Å². The number of carbonyl (C=O) groups excluding carboxylic acids is 2. The number of nitrogens with one attached hydrogen (secondary N) is 2. The summed E-state index contributed by atoms with van der Waals surface area (Å²) in [6.07, 6.45) is 1.20. The van der Waals surface area contributed by atoms with Crippen LogP contribution in [0.25, 0.3) is 10.9 Å². The molecule has 196 valence electrons. The minimum absolute atomic E-state index is 0.00106. The van der Waals surface area contributed by atoms with E-state index < -0.39 is 0 Å². The maximum atomic E-state index is 12.2. The van der Waals surface area contributed by atoms with Gasteiger partial charge in [-0.15, -0.1) is 11.6 Å². The van der Waals surface area contributed by atoms with Crippen molar-refractivity contribution >= 4 is 46.3 Å². The number of thiol groups is 1. The molecule has 2 N–H and O–H groups in total. The molecular weight excluding hydrogens is 522 g/mol. The van der Waals surface area contributed by atoms with Crippen LogP contribution in [0.3, 0.4) is 0 Å². The van der Waals surface area contributed by atoms with Crippen LogP contribution in [0.1, 0.15) is 34.8 Å². The third kappa shape index (κ3) is 5.61. The number of benzene rings is 3. The van der Waals surface area contributed by atoms with E-state index in [-0.39, 0.29) is 24.0 Å². The highest BCUT2D eigenvalue weighted by molar-refractivity contribution is 7.96. The molecule has 2 aliphatic heterocycles. The first-order valence-electron chi connectivity index (χ1n) is 12.4. The van der Waals surface area contributed by atoms with Crippen LogP contribution in [0, 0.1) is 0 Å². The minimum Gasteiger partial charge on any atom is -0.454 e. The number of nitrogens with zero attached hydrogens (tertiary/aromatic N) is 1. The summed E-state index contributed by atoms with van der Waals surface area (Å²) < 4.78 is 10.9. The number of carbonyl (C=O) groups is 2. The maximum Gasteiger partial charge on any atom is 0.279 e. The number of fused-ring (bicyclic) bond motifs is 4. The molecule has 9 heteroatoms. The molecule has 2 aliphatic rings. The van der Waals surface area contributed by atoms with Gasteiger partial charge in [-0.25, -0.2) is 0 Å². The van der Waals surface area contributed by atoms with E-state index in [0.29, 0.717) is 31.1 Å². The molecule has 0 bridgehead atoms. The van der Waals surface area contributed by atoms with Gasteiger partial charge in [-0.1, -0.05) is 67.2 Å². The van der Waals surface area contributed by atoms with Gasteiger partial charge in [0.2, 0.25) is 12.7 Å². The van der Waals surface area contributed by atoms with Crippen LogP contribution in [-0.4, -0.2) is 40.2 Å². The molecule has 0 fully saturated rings. The second-order valence-electron chi connectivity index (χ2n) is 9.01. The van der Waals surface area contributed by atoms with Crippen LogP contribution in [0.2, 0.25) is 0 Å². The van der Waals surface area contributed by atoms with Gasteiger partial charge < -0.3 is 24.7 Å². The first-order valence-corrected chi connectivity index (χ1v) is 13.4.